The molecule has 1 aromatic carbocycles. The van der Waals surface area contributed by atoms with Gasteiger partial charge >= 0.3 is 0 Å². The molecular weight excluding hydrogens is 240 g/mol. The SMILES string of the molecule is Cc1ccc(C(N)C2COc3ccccc3O2)cn1. The average Bonchev–Trinajstić information content (AvgIpc) is 2.47. The molecule has 1 aliphatic rings. The summed E-state index contributed by atoms with van der Waals surface area (Å²) in [5.74, 6) is 1.52. The third-order valence-corrected chi connectivity index (χ3v) is 3.25. The molecule has 3 rings (SSSR count). The van der Waals surface area contributed by atoms with Gasteiger partial charge in [-0.1, -0.05) is 18.2 Å². The maximum atomic E-state index is 6.23. The summed E-state index contributed by atoms with van der Waals surface area (Å²) in [6, 6.07) is 11.3. The fraction of sp³-hybridized carbons (Fsp3) is 0.267. The fourth-order valence-electron chi connectivity index (χ4n) is 2.10. The second-order valence-electron chi connectivity index (χ2n) is 4.67. The highest BCUT2D eigenvalue weighted by molar-refractivity contribution is 5.41. The number of hydrogen-bond donors (Lipinski definition) is 1. The van der Waals surface area contributed by atoms with Crippen LogP contribution in [0.2, 0.25) is 0 Å². The van der Waals surface area contributed by atoms with Crippen LogP contribution in [0.25, 0.3) is 0 Å². The molecule has 2 N–H and O–H groups in total. The summed E-state index contributed by atoms with van der Waals surface area (Å²) in [5.41, 5.74) is 8.16. The number of para-hydroxylation sites is 2. The zero-order valence-corrected chi connectivity index (χ0v) is 10.7. The van der Waals surface area contributed by atoms with Gasteiger partial charge in [0.25, 0.3) is 0 Å². The number of nitrogens with zero attached hydrogens (tertiary/aromatic N) is 1. The molecule has 0 spiro atoms. The van der Waals surface area contributed by atoms with E-state index in [-0.39, 0.29) is 12.1 Å². The highest BCUT2D eigenvalue weighted by Gasteiger charge is 2.27. The van der Waals surface area contributed by atoms with Crippen LogP contribution < -0.4 is 15.2 Å². The van der Waals surface area contributed by atoms with E-state index in [0.29, 0.717) is 6.61 Å². The summed E-state index contributed by atoms with van der Waals surface area (Å²) >= 11 is 0. The van der Waals surface area contributed by atoms with Crippen molar-refractivity contribution < 1.29 is 9.47 Å². The molecule has 2 unspecified atom stereocenters. The molecule has 0 saturated carbocycles. The lowest BCUT2D eigenvalue weighted by atomic mass is 10.0. The predicted molar refractivity (Wildman–Crippen MR) is 72.3 cm³/mol. The van der Waals surface area contributed by atoms with Gasteiger partial charge in [0.15, 0.2) is 17.6 Å². The van der Waals surface area contributed by atoms with Crippen LogP contribution in [-0.2, 0) is 0 Å². The minimum Gasteiger partial charge on any atom is -0.486 e. The second-order valence-corrected chi connectivity index (χ2v) is 4.67. The Labute approximate surface area is 112 Å². The molecule has 2 atom stereocenters. The number of ether oxygens (including phenoxy) is 2. The van der Waals surface area contributed by atoms with E-state index in [2.05, 4.69) is 4.98 Å². The molecule has 0 bridgehead atoms. The minimum absolute atomic E-state index is 0.195. The molecule has 0 aliphatic carbocycles. The third-order valence-electron chi connectivity index (χ3n) is 3.25. The van der Waals surface area contributed by atoms with Crippen molar-refractivity contribution in [1.29, 1.82) is 0 Å². The van der Waals surface area contributed by atoms with E-state index < -0.39 is 0 Å². The maximum absolute atomic E-state index is 6.23. The Balaban J connectivity index is 1.79. The van der Waals surface area contributed by atoms with Crippen molar-refractivity contribution in [3.8, 4) is 11.5 Å². The molecule has 1 aromatic heterocycles. The topological polar surface area (TPSA) is 57.4 Å². The Morgan fingerprint density at radius 2 is 2.00 bits per heavy atom. The second kappa shape index (κ2) is 4.90. The summed E-state index contributed by atoms with van der Waals surface area (Å²) in [4.78, 5) is 4.26. The molecule has 98 valence electrons. The van der Waals surface area contributed by atoms with Crippen molar-refractivity contribution in [2.24, 2.45) is 5.73 Å². The van der Waals surface area contributed by atoms with E-state index in [4.69, 9.17) is 15.2 Å². The molecular formula is C15H16N2O2. The first-order chi connectivity index (χ1) is 9.24. The molecule has 0 saturated heterocycles. The minimum atomic E-state index is -0.249. The number of aromatic nitrogens is 1. The van der Waals surface area contributed by atoms with Gasteiger partial charge in [-0.25, -0.2) is 0 Å². The number of pyridine rings is 1. The highest BCUT2D eigenvalue weighted by atomic mass is 16.6. The number of nitrogens with two attached hydrogens (primary N) is 1. The van der Waals surface area contributed by atoms with E-state index in [1.807, 2.05) is 43.3 Å². The Hall–Kier alpha value is -2.07. The van der Waals surface area contributed by atoms with Gasteiger partial charge < -0.3 is 15.2 Å². The normalized spacial score (nSPS) is 18.9. The first kappa shape index (κ1) is 12.0. The fourth-order valence-corrected chi connectivity index (χ4v) is 2.10. The number of hydrogen-bond acceptors (Lipinski definition) is 4. The van der Waals surface area contributed by atoms with Crippen LogP contribution in [0.15, 0.2) is 42.6 Å². The molecule has 2 heterocycles. The quantitative estimate of drug-likeness (QED) is 0.895. The standard InChI is InChI=1S/C15H16N2O2/c1-10-6-7-11(8-17-10)15(16)14-9-18-12-4-2-3-5-13(12)19-14/h2-8,14-15H,9,16H2,1H3. The highest BCUT2D eigenvalue weighted by Crippen LogP contribution is 2.33. The zero-order valence-electron chi connectivity index (χ0n) is 10.7. The van der Waals surface area contributed by atoms with Crippen molar-refractivity contribution in [2.75, 3.05) is 6.61 Å². The van der Waals surface area contributed by atoms with Crippen LogP contribution in [0.4, 0.5) is 0 Å². The summed E-state index contributed by atoms with van der Waals surface area (Å²) in [6.07, 6.45) is 1.60. The maximum Gasteiger partial charge on any atom is 0.161 e. The molecule has 4 heteroatoms. The molecule has 1 aliphatic heterocycles. The molecule has 2 aromatic rings. The third kappa shape index (κ3) is 2.39. The zero-order chi connectivity index (χ0) is 13.2. The van der Waals surface area contributed by atoms with Gasteiger partial charge in [0.05, 0.1) is 6.04 Å². The number of rotatable bonds is 2. The Morgan fingerprint density at radius 1 is 1.21 bits per heavy atom. The largest absolute Gasteiger partial charge is 0.486 e. The molecule has 0 radical (unpaired) electrons. The Bertz CT molecular complexity index is 569. The lowest BCUT2D eigenvalue weighted by molar-refractivity contribution is 0.0720. The Morgan fingerprint density at radius 3 is 2.74 bits per heavy atom. The van der Waals surface area contributed by atoms with E-state index in [1.165, 1.54) is 0 Å². The van der Waals surface area contributed by atoms with Gasteiger partial charge in [0.1, 0.15) is 6.61 Å². The first-order valence-corrected chi connectivity index (χ1v) is 6.30. The molecule has 0 amide bonds. The molecule has 19 heavy (non-hydrogen) atoms. The average molecular weight is 256 g/mol. The summed E-state index contributed by atoms with van der Waals surface area (Å²) < 4.78 is 11.6. The Kier molecular flexibility index (Phi) is 3.09. The van der Waals surface area contributed by atoms with Gasteiger partial charge in [-0.3, -0.25) is 4.98 Å². The van der Waals surface area contributed by atoms with Crippen molar-refractivity contribution >= 4 is 0 Å². The number of benzene rings is 1. The van der Waals surface area contributed by atoms with E-state index in [1.54, 1.807) is 6.20 Å². The van der Waals surface area contributed by atoms with Crippen molar-refractivity contribution in [2.45, 2.75) is 19.1 Å². The summed E-state index contributed by atoms with van der Waals surface area (Å²) in [5, 5.41) is 0. The van der Waals surface area contributed by atoms with Gasteiger partial charge in [-0.05, 0) is 30.7 Å². The first-order valence-electron chi connectivity index (χ1n) is 6.30. The van der Waals surface area contributed by atoms with Gasteiger partial charge in [-0.15, -0.1) is 0 Å². The van der Waals surface area contributed by atoms with E-state index in [9.17, 15) is 0 Å². The van der Waals surface area contributed by atoms with E-state index >= 15 is 0 Å². The van der Waals surface area contributed by atoms with Crippen LogP contribution in [0, 0.1) is 6.92 Å². The van der Waals surface area contributed by atoms with Crippen LogP contribution in [0.5, 0.6) is 11.5 Å². The lowest BCUT2D eigenvalue weighted by Gasteiger charge is -2.30. The van der Waals surface area contributed by atoms with Crippen molar-refractivity contribution in [3.05, 3.63) is 53.9 Å². The summed E-state index contributed by atoms with van der Waals surface area (Å²) in [7, 11) is 0. The monoisotopic (exact) mass is 256 g/mol. The predicted octanol–water partition coefficient (Wildman–Crippen LogP) is 2.23. The van der Waals surface area contributed by atoms with Crippen LogP contribution in [0.1, 0.15) is 17.3 Å². The van der Waals surface area contributed by atoms with Crippen LogP contribution in [-0.4, -0.2) is 17.7 Å². The summed E-state index contributed by atoms with van der Waals surface area (Å²) in [6.45, 7) is 2.40. The molecule has 4 nitrogen and oxygen atoms in total. The van der Waals surface area contributed by atoms with Crippen molar-refractivity contribution in [1.82, 2.24) is 4.98 Å². The number of aryl methyl sites for hydroxylation is 1. The van der Waals surface area contributed by atoms with Gasteiger partial charge in [0, 0.05) is 11.9 Å². The molecule has 0 fully saturated rings. The number of fused-ring (bicyclic) bond motifs is 1. The van der Waals surface area contributed by atoms with E-state index in [0.717, 1.165) is 22.8 Å². The van der Waals surface area contributed by atoms with Gasteiger partial charge in [-0.2, -0.15) is 0 Å². The van der Waals surface area contributed by atoms with Crippen LogP contribution in [0.3, 0.4) is 0 Å². The van der Waals surface area contributed by atoms with Gasteiger partial charge in [0.2, 0.25) is 0 Å². The van der Waals surface area contributed by atoms with Crippen LogP contribution >= 0.6 is 0 Å². The van der Waals surface area contributed by atoms with Crippen molar-refractivity contribution in [3.63, 3.8) is 0 Å². The smallest absolute Gasteiger partial charge is 0.161 e. The lowest BCUT2D eigenvalue weighted by Crippen LogP contribution is -2.39.